The number of carbonyl (C=O) groups excluding carboxylic acids is 1. The highest BCUT2D eigenvalue weighted by atomic mass is 16.6. The summed E-state index contributed by atoms with van der Waals surface area (Å²) in [7, 11) is 0. The average molecular weight is 199 g/mol. The summed E-state index contributed by atoms with van der Waals surface area (Å²) in [5.74, 6) is -0.243. The number of carbonyl (C=O) groups is 1. The molecule has 14 heavy (non-hydrogen) atoms. The molecule has 0 aromatic carbocycles. The van der Waals surface area contributed by atoms with Crippen LogP contribution in [0.5, 0.6) is 0 Å². The maximum absolute atomic E-state index is 11.2. The first-order chi connectivity index (χ1) is 6.63. The maximum Gasteiger partial charge on any atom is 0.312 e. The number of nitrogen functional groups attached to an aromatic ring is 1. The molecule has 0 spiro atoms. The first-order valence-electron chi connectivity index (χ1n) is 4.39. The second-order valence-corrected chi connectivity index (χ2v) is 2.98. The standard InChI is InChI=1S/C8H13N3O3/c1-3-5(2)13-7(12)4-6-8(9)11-14-10-6/h5H,3-4H2,1-2H3,(H2,9,11). The highest BCUT2D eigenvalue weighted by Gasteiger charge is 2.14. The fourth-order valence-electron chi connectivity index (χ4n) is 0.822. The first-order valence-corrected chi connectivity index (χ1v) is 4.39. The fourth-order valence-corrected chi connectivity index (χ4v) is 0.822. The van der Waals surface area contributed by atoms with Crippen LogP contribution in [-0.4, -0.2) is 22.4 Å². The molecule has 6 heteroatoms. The summed E-state index contributed by atoms with van der Waals surface area (Å²) in [5.41, 5.74) is 5.69. The SMILES string of the molecule is CCC(C)OC(=O)Cc1nonc1N. The molecule has 0 fully saturated rings. The van der Waals surface area contributed by atoms with Crippen molar-refractivity contribution in [3.8, 4) is 0 Å². The topological polar surface area (TPSA) is 91.2 Å². The lowest BCUT2D eigenvalue weighted by Gasteiger charge is -2.09. The summed E-state index contributed by atoms with van der Waals surface area (Å²) in [6.07, 6.45) is 0.682. The lowest BCUT2D eigenvalue weighted by molar-refractivity contribution is -0.147. The molecule has 1 aromatic rings. The van der Waals surface area contributed by atoms with E-state index in [4.69, 9.17) is 10.5 Å². The summed E-state index contributed by atoms with van der Waals surface area (Å²) < 4.78 is 9.37. The number of nitrogens with zero attached hydrogens (tertiary/aromatic N) is 2. The Morgan fingerprint density at radius 2 is 2.36 bits per heavy atom. The molecule has 0 amide bonds. The van der Waals surface area contributed by atoms with Crippen LogP contribution in [0.4, 0.5) is 5.82 Å². The Hall–Kier alpha value is -1.59. The number of esters is 1. The van der Waals surface area contributed by atoms with Crippen LogP contribution in [0, 0.1) is 0 Å². The third kappa shape index (κ3) is 2.72. The van der Waals surface area contributed by atoms with E-state index in [1.54, 1.807) is 0 Å². The van der Waals surface area contributed by atoms with E-state index in [0.29, 0.717) is 5.69 Å². The van der Waals surface area contributed by atoms with Gasteiger partial charge >= 0.3 is 5.97 Å². The van der Waals surface area contributed by atoms with Crippen LogP contribution in [-0.2, 0) is 16.0 Å². The summed E-state index contributed by atoms with van der Waals surface area (Å²) in [6.45, 7) is 3.76. The second kappa shape index (κ2) is 4.59. The molecule has 0 saturated carbocycles. The van der Waals surface area contributed by atoms with E-state index in [9.17, 15) is 4.79 Å². The fraction of sp³-hybridized carbons (Fsp3) is 0.625. The van der Waals surface area contributed by atoms with Gasteiger partial charge in [-0.2, -0.15) is 0 Å². The highest BCUT2D eigenvalue weighted by Crippen LogP contribution is 2.07. The van der Waals surface area contributed by atoms with E-state index in [1.165, 1.54) is 0 Å². The minimum Gasteiger partial charge on any atom is -0.462 e. The van der Waals surface area contributed by atoms with Gasteiger partial charge in [-0.15, -0.1) is 0 Å². The van der Waals surface area contributed by atoms with Gasteiger partial charge in [-0.3, -0.25) is 4.79 Å². The zero-order chi connectivity index (χ0) is 10.6. The predicted octanol–water partition coefficient (Wildman–Crippen LogP) is 0.536. The monoisotopic (exact) mass is 199 g/mol. The normalized spacial score (nSPS) is 12.4. The van der Waals surface area contributed by atoms with Gasteiger partial charge in [0, 0.05) is 0 Å². The van der Waals surface area contributed by atoms with Gasteiger partial charge in [0.05, 0.1) is 12.5 Å². The minimum atomic E-state index is -0.373. The lowest BCUT2D eigenvalue weighted by Crippen LogP contribution is -2.16. The highest BCUT2D eigenvalue weighted by molar-refractivity contribution is 5.73. The molecule has 0 aliphatic heterocycles. The summed E-state index contributed by atoms with van der Waals surface area (Å²) >= 11 is 0. The van der Waals surface area contributed by atoms with E-state index < -0.39 is 0 Å². The number of hydrogen-bond acceptors (Lipinski definition) is 6. The van der Waals surface area contributed by atoms with Crippen molar-refractivity contribution in [2.75, 3.05) is 5.73 Å². The zero-order valence-electron chi connectivity index (χ0n) is 8.19. The number of ether oxygens (including phenoxy) is 1. The number of hydrogen-bond donors (Lipinski definition) is 1. The van der Waals surface area contributed by atoms with Crippen LogP contribution in [0.2, 0.25) is 0 Å². The largest absolute Gasteiger partial charge is 0.462 e. The molecule has 0 bridgehead atoms. The Kier molecular flexibility index (Phi) is 3.44. The number of anilines is 1. The molecule has 1 heterocycles. The van der Waals surface area contributed by atoms with Gasteiger partial charge in [-0.1, -0.05) is 12.1 Å². The Balaban J connectivity index is 2.45. The van der Waals surface area contributed by atoms with Crippen LogP contribution < -0.4 is 5.73 Å². The van der Waals surface area contributed by atoms with E-state index in [1.807, 2.05) is 13.8 Å². The van der Waals surface area contributed by atoms with Crippen molar-refractivity contribution in [1.82, 2.24) is 10.3 Å². The quantitative estimate of drug-likeness (QED) is 0.711. The summed E-state index contributed by atoms with van der Waals surface area (Å²) in [4.78, 5) is 11.2. The molecule has 1 rings (SSSR count). The maximum atomic E-state index is 11.2. The molecule has 0 radical (unpaired) electrons. The first kappa shape index (κ1) is 10.5. The molecule has 1 aromatic heterocycles. The molecule has 1 unspecified atom stereocenters. The van der Waals surface area contributed by atoms with Gasteiger partial charge < -0.3 is 10.5 Å². The summed E-state index contributed by atoms with van der Waals surface area (Å²) in [5, 5.41) is 6.83. The average Bonchev–Trinajstić information content (AvgIpc) is 2.51. The molecule has 0 saturated heterocycles. The van der Waals surface area contributed by atoms with Crippen LogP contribution in [0.1, 0.15) is 26.0 Å². The van der Waals surface area contributed by atoms with Crippen molar-refractivity contribution in [2.45, 2.75) is 32.8 Å². The van der Waals surface area contributed by atoms with Crippen LogP contribution in [0.25, 0.3) is 0 Å². The minimum absolute atomic E-state index is 0.000324. The van der Waals surface area contributed by atoms with Crippen molar-refractivity contribution >= 4 is 11.8 Å². The Labute approximate surface area is 81.4 Å². The Morgan fingerprint density at radius 1 is 1.64 bits per heavy atom. The second-order valence-electron chi connectivity index (χ2n) is 2.98. The molecule has 78 valence electrons. The molecular formula is C8H13N3O3. The number of nitrogens with two attached hydrogens (primary N) is 1. The van der Waals surface area contributed by atoms with Crippen LogP contribution >= 0.6 is 0 Å². The molecule has 2 N–H and O–H groups in total. The van der Waals surface area contributed by atoms with Gasteiger partial charge in [-0.05, 0) is 18.5 Å². The smallest absolute Gasteiger partial charge is 0.312 e. The van der Waals surface area contributed by atoms with E-state index >= 15 is 0 Å². The molecule has 0 aliphatic rings. The third-order valence-electron chi connectivity index (χ3n) is 1.81. The molecule has 1 atom stereocenters. The Morgan fingerprint density at radius 3 is 2.86 bits per heavy atom. The third-order valence-corrected chi connectivity index (χ3v) is 1.81. The van der Waals surface area contributed by atoms with Crippen molar-refractivity contribution in [3.05, 3.63) is 5.69 Å². The number of rotatable bonds is 4. The van der Waals surface area contributed by atoms with E-state index in [2.05, 4.69) is 14.9 Å². The van der Waals surface area contributed by atoms with Gasteiger partial charge in [-0.25, -0.2) is 4.63 Å². The van der Waals surface area contributed by atoms with E-state index in [-0.39, 0.29) is 24.3 Å². The zero-order valence-corrected chi connectivity index (χ0v) is 8.19. The molecular weight excluding hydrogens is 186 g/mol. The van der Waals surface area contributed by atoms with Crippen molar-refractivity contribution in [3.63, 3.8) is 0 Å². The van der Waals surface area contributed by atoms with Gasteiger partial charge in [0.15, 0.2) is 5.82 Å². The van der Waals surface area contributed by atoms with Gasteiger partial charge in [0.1, 0.15) is 5.69 Å². The summed E-state index contributed by atoms with van der Waals surface area (Å²) in [6, 6.07) is 0. The van der Waals surface area contributed by atoms with Gasteiger partial charge in [0.25, 0.3) is 0 Å². The van der Waals surface area contributed by atoms with Crippen LogP contribution in [0.15, 0.2) is 4.63 Å². The molecule has 6 nitrogen and oxygen atoms in total. The predicted molar refractivity (Wildman–Crippen MR) is 48.3 cm³/mol. The lowest BCUT2D eigenvalue weighted by atomic mass is 10.3. The van der Waals surface area contributed by atoms with Crippen LogP contribution in [0.3, 0.4) is 0 Å². The molecule has 0 aliphatic carbocycles. The van der Waals surface area contributed by atoms with Crippen molar-refractivity contribution < 1.29 is 14.2 Å². The Bertz CT molecular complexity index is 311. The van der Waals surface area contributed by atoms with Crippen molar-refractivity contribution in [1.29, 1.82) is 0 Å². The number of aromatic nitrogens is 2. The van der Waals surface area contributed by atoms with E-state index in [0.717, 1.165) is 6.42 Å². The van der Waals surface area contributed by atoms with Crippen molar-refractivity contribution in [2.24, 2.45) is 0 Å². The van der Waals surface area contributed by atoms with Gasteiger partial charge in [0.2, 0.25) is 0 Å².